The number of aromatic nitrogens is 3. The van der Waals surface area contributed by atoms with Gasteiger partial charge in [0, 0.05) is 23.7 Å². The number of para-hydroxylation sites is 1. The quantitative estimate of drug-likeness (QED) is 0.298. The number of anilines is 1. The Morgan fingerprint density at radius 1 is 1.16 bits per heavy atom. The molecule has 0 atom stereocenters. The summed E-state index contributed by atoms with van der Waals surface area (Å²) in [5, 5.41) is 23.4. The van der Waals surface area contributed by atoms with Crippen molar-refractivity contribution in [2.45, 2.75) is 50.1 Å². The van der Waals surface area contributed by atoms with E-state index in [0.717, 1.165) is 29.9 Å². The first-order chi connectivity index (χ1) is 15.5. The van der Waals surface area contributed by atoms with Gasteiger partial charge in [-0.3, -0.25) is 19.5 Å². The van der Waals surface area contributed by atoms with Gasteiger partial charge in [0.15, 0.2) is 5.16 Å². The number of non-ortho nitro benzene ring substituents is 1. The average molecular weight is 452 g/mol. The highest BCUT2D eigenvalue weighted by molar-refractivity contribution is 7.99. The van der Waals surface area contributed by atoms with E-state index in [9.17, 15) is 14.9 Å². The molecule has 8 nitrogen and oxygen atoms in total. The number of carbonyl (C=O) groups is 1. The molecule has 1 fully saturated rings. The second-order valence-electron chi connectivity index (χ2n) is 7.94. The van der Waals surface area contributed by atoms with Gasteiger partial charge in [0.25, 0.3) is 5.69 Å². The van der Waals surface area contributed by atoms with E-state index < -0.39 is 4.92 Å². The van der Waals surface area contributed by atoms with E-state index in [1.165, 1.54) is 43.2 Å². The molecule has 0 bridgehead atoms. The number of nitro benzene ring substituents is 1. The monoisotopic (exact) mass is 451 g/mol. The van der Waals surface area contributed by atoms with Gasteiger partial charge in [0.1, 0.15) is 5.82 Å². The van der Waals surface area contributed by atoms with Crippen LogP contribution < -0.4 is 5.32 Å². The Hall–Kier alpha value is -3.20. The summed E-state index contributed by atoms with van der Waals surface area (Å²) in [6.07, 6.45) is 5.85. The number of rotatable bonds is 7. The van der Waals surface area contributed by atoms with E-state index in [-0.39, 0.29) is 17.3 Å². The van der Waals surface area contributed by atoms with E-state index in [0.29, 0.717) is 16.8 Å². The highest BCUT2D eigenvalue weighted by Gasteiger charge is 2.24. The second-order valence-corrected chi connectivity index (χ2v) is 8.88. The predicted octanol–water partition coefficient (Wildman–Crippen LogP) is 5.26. The zero-order valence-corrected chi connectivity index (χ0v) is 18.7. The van der Waals surface area contributed by atoms with Crippen LogP contribution in [-0.2, 0) is 4.79 Å². The van der Waals surface area contributed by atoms with Gasteiger partial charge in [0.05, 0.1) is 16.4 Å². The van der Waals surface area contributed by atoms with Gasteiger partial charge in [0.2, 0.25) is 5.91 Å². The maximum Gasteiger partial charge on any atom is 0.271 e. The topological polar surface area (TPSA) is 103 Å². The molecule has 1 heterocycles. The molecule has 0 spiro atoms. The van der Waals surface area contributed by atoms with Crippen LogP contribution in [-0.4, -0.2) is 31.3 Å². The molecule has 1 saturated carbocycles. The molecule has 32 heavy (non-hydrogen) atoms. The fourth-order valence-electron chi connectivity index (χ4n) is 3.99. The fraction of sp³-hybridized carbons (Fsp3) is 0.348. The Morgan fingerprint density at radius 3 is 2.62 bits per heavy atom. The number of benzene rings is 2. The molecular formula is C23H25N5O3S. The van der Waals surface area contributed by atoms with Crippen LogP contribution in [0.2, 0.25) is 0 Å². The van der Waals surface area contributed by atoms with Crippen LogP contribution in [0.1, 0.15) is 49.4 Å². The molecule has 0 radical (unpaired) electrons. The van der Waals surface area contributed by atoms with Crippen LogP contribution in [0.3, 0.4) is 0 Å². The first-order valence-electron chi connectivity index (χ1n) is 10.7. The van der Waals surface area contributed by atoms with Crippen LogP contribution >= 0.6 is 11.8 Å². The highest BCUT2D eigenvalue weighted by Crippen LogP contribution is 2.35. The van der Waals surface area contributed by atoms with Gasteiger partial charge >= 0.3 is 0 Å². The molecule has 1 N–H and O–H groups in total. The lowest BCUT2D eigenvalue weighted by atomic mass is 9.88. The molecule has 0 saturated heterocycles. The number of aryl methyl sites for hydroxylation is 1. The molecule has 166 valence electrons. The standard InChI is InChI=1S/C23H25N5O3S/c1-16-12-13-19(28(30)31)14-20(16)24-21(29)15-32-23-26-25-22(17-8-4-2-5-9-17)27(23)18-10-6-3-7-11-18/h3,6-7,10-14,17H,2,4-5,8-9,15H2,1H3,(H,24,29). The summed E-state index contributed by atoms with van der Waals surface area (Å²) in [6.45, 7) is 1.80. The van der Waals surface area contributed by atoms with Crippen molar-refractivity contribution in [1.82, 2.24) is 14.8 Å². The third-order valence-electron chi connectivity index (χ3n) is 5.68. The normalized spacial score (nSPS) is 14.3. The summed E-state index contributed by atoms with van der Waals surface area (Å²) in [5.74, 6) is 1.19. The summed E-state index contributed by atoms with van der Waals surface area (Å²) in [6, 6.07) is 14.4. The smallest absolute Gasteiger partial charge is 0.271 e. The number of hydrogen-bond acceptors (Lipinski definition) is 6. The minimum atomic E-state index is -0.473. The van der Waals surface area contributed by atoms with E-state index >= 15 is 0 Å². The van der Waals surface area contributed by atoms with Crippen molar-refractivity contribution in [3.05, 3.63) is 70.0 Å². The van der Waals surface area contributed by atoms with Crippen molar-refractivity contribution in [3.63, 3.8) is 0 Å². The molecule has 9 heteroatoms. The maximum absolute atomic E-state index is 12.6. The number of nitro groups is 1. The minimum Gasteiger partial charge on any atom is -0.325 e. The lowest BCUT2D eigenvalue weighted by molar-refractivity contribution is -0.384. The molecule has 1 aromatic heterocycles. The third-order valence-corrected chi connectivity index (χ3v) is 6.61. The van der Waals surface area contributed by atoms with E-state index in [1.54, 1.807) is 13.0 Å². The van der Waals surface area contributed by atoms with Gasteiger partial charge in [-0.15, -0.1) is 10.2 Å². The largest absolute Gasteiger partial charge is 0.325 e. The zero-order valence-electron chi connectivity index (χ0n) is 17.9. The number of nitrogens with one attached hydrogen (secondary N) is 1. The summed E-state index contributed by atoms with van der Waals surface area (Å²) in [4.78, 5) is 23.2. The molecule has 2 aromatic carbocycles. The first kappa shape index (κ1) is 22.0. The molecule has 1 aliphatic carbocycles. The number of hydrogen-bond donors (Lipinski definition) is 1. The number of thioether (sulfide) groups is 1. The lowest BCUT2D eigenvalue weighted by Gasteiger charge is -2.22. The molecule has 0 aliphatic heterocycles. The molecule has 1 aliphatic rings. The average Bonchev–Trinajstić information content (AvgIpc) is 3.24. The first-order valence-corrected chi connectivity index (χ1v) is 11.7. The Bertz CT molecular complexity index is 1110. The number of carbonyl (C=O) groups excluding carboxylic acids is 1. The second kappa shape index (κ2) is 9.95. The molecule has 4 rings (SSSR count). The van der Waals surface area contributed by atoms with Crippen LogP contribution in [0.4, 0.5) is 11.4 Å². The van der Waals surface area contributed by atoms with Crippen molar-refractivity contribution < 1.29 is 9.72 Å². The van der Waals surface area contributed by atoms with Crippen molar-refractivity contribution in [2.24, 2.45) is 0 Å². The minimum absolute atomic E-state index is 0.0560. The van der Waals surface area contributed by atoms with Crippen molar-refractivity contribution in [2.75, 3.05) is 11.1 Å². The van der Waals surface area contributed by atoms with Crippen LogP contribution in [0.15, 0.2) is 53.7 Å². The number of nitrogens with zero attached hydrogens (tertiary/aromatic N) is 4. The maximum atomic E-state index is 12.6. The van der Waals surface area contributed by atoms with Gasteiger partial charge in [-0.05, 0) is 37.5 Å². The summed E-state index contributed by atoms with van der Waals surface area (Å²) in [7, 11) is 0. The van der Waals surface area contributed by atoms with Crippen molar-refractivity contribution in [1.29, 1.82) is 0 Å². The van der Waals surface area contributed by atoms with Gasteiger partial charge in [-0.1, -0.05) is 55.3 Å². The van der Waals surface area contributed by atoms with Gasteiger partial charge in [-0.25, -0.2) is 0 Å². The molecule has 0 unspecified atom stereocenters. The lowest BCUT2D eigenvalue weighted by Crippen LogP contribution is -2.16. The molecule has 1 amide bonds. The Morgan fingerprint density at radius 2 is 1.91 bits per heavy atom. The number of amides is 1. The van der Waals surface area contributed by atoms with Crippen molar-refractivity contribution in [3.8, 4) is 5.69 Å². The Labute approximate surface area is 190 Å². The van der Waals surface area contributed by atoms with E-state index in [1.807, 2.05) is 30.3 Å². The van der Waals surface area contributed by atoms with Crippen LogP contribution in [0.25, 0.3) is 5.69 Å². The summed E-state index contributed by atoms with van der Waals surface area (Å²) < 4.78 is 2.06. The third kappa shape index (κ3) is 4.99. The summed E-state index contributed by atoms with van der Waals surface area (Å²) >= 11 is 1.31. The van der Waals surface area contributed by atoms with Gasteiger partial charge in [-0.2, -0.15) is 0 Å². The zero-order chi connectivity index (χ0) is 22.5. The fourth-order valence-corrected chi connectivity index (χ4v) is 4.75. The van der Waals surface area contributed by atoms with E-state index in [2.05, 4.69) is 20.1 Å². The Balaban J connectivity index is 1.52. The van der Waals surface area contributed by atoms with E-state index in [4.69, 9.17) is 0 Å². The predicted molar refractivity (Wildman–Crippen MR) is 124 cm³/mol. The van der Waals surface area contributed by atoms with Crippen LogP contribution in [0, 0.1) is 17.0 Å². The summed E-state index contributed by atoms with van der Waals surface area (Å²) in [5.41, 5.74) is 2.13. The van der Waals surface area contributed by atoms with Crippen molar-refractivity contribution >= 4 is 29.0 Å². The highest BCUT2D eigenvalue weighted by atomic mass is 32.2. The molecule has 3 aromatic rings. The Kier molecular flexibility index (Phi) is 6.84. The SMILES string of the molecule is Cc1ccc([N+](=O)[O-])cc1NC(=O)CSc1nnc(C2CCCCC2)n1-c1ccccc1. The molecular weight excluding hydrogens is 426 g/mol. The van der Waals surface area contributed by atoms with Gasteiger partial charge < -0.3 is 5.32 Å². The van der Waals surface area contributed by atoms with Crippen LogP contribution in [0.5, 0.6) is 0 Å².